The highest BCUT2D eigenvalue weighted by Gasteiger charge is 2.08. The lowest BCUT2D eigenvalue weighted by molar-refractivity contribution is 1.06. The van der Waals surface area contributed by atoms with Crippen molar-refractivity contribution in [1.29, 1.82) is 0 Å². The molecule has 2 rings (SSSR count). The SMILES string of the molecule is Cc1csc(-c2cnc(C)nc2N)n1. The fourth-order valence-corrected chi connectivity index (χ4v) is 1.95. The van der Waals surface area contributed by atoms with E-state index in [1.54, 1.807) is 17.5 Å². The summed E-state index contributed by atoms with van der Waals surface area (Å²) in [7, 11) is 0. The lowest BCUT2D eigenvalue weighted by Crippen LogP contribution is -1.97. The number of nitrogens with zero attached hydrogens (tertiary/aromatic N) is 3. The quantitative estimate of drug-likeness (QED) is 0.772. The number of nitrogens with two attached hydrogens (primary N) is 1. The van der Waals surface area contributed by atoms with E-state index in [-0.39, 0.29) is 0 Å². The maximum atomic E-state index is 5.78. The number of anilines is 1. The van der Waals surface area contributed by atoms with Gasteiger partial charge in [0.1, 0.15) is 16.6 Å². The molecule has 0 radical (unpaired) electrons. The Bertz CT molecular complexity index is 464. The Morgan fingerprint density at radius 2 is 2.07 bits per heavy atom. The van der Waals surface area contributed by atoms with E-state index in [4.69, 9.17) is 5.73 Å². The van der Waals surface area contributed by atoms with Crippen LogP contribution >= 0.6 is 11.3 Å². The smallest absolute Gasteiger partial charge is 0.137 e. The molecule has 0 spiro atoms. The predicted molar refractivity (Wildman–Crippen MR) is 57.0 cm³/mol. The monoisotopic (exact) mass is 206 g/mol. The molecular formula is C9H10N4S. The van der Waals surface area contributed by atoms with Crippen LogP contribution in [-0.2, 0) is 0 Å². The third-order valence-electron chi connectivity index (χ3n) is 1.79. The van der Waals surface area contributed by atoms with Crippen LogP contribution in [0, 0.1) is 13.8 Å². The third kappa shape index (κ3) is 1.58. The summed E-state index contributed by atoms with van der Waals surface area (Å²) < 4.78 is 0. The first-order valence-corrected chi connectivity index (χ1v) is 5.06. The van der Waals surface area contributed by atoms with Gasteiger partial charge in [-0.25, -0.2) is 15.0 Å². The van der Waals surface area contributed by atoms with Crippen molar-refractivity contribution in [2.45, 2.75) is 13.8 Å². The van der Waals surface area contributed by atoms with E-state index in [9.17, 15) is 0 Å². The Labute approximate surface area is 85.9 Å². The first kappa shape index (κ1) is 9.08. The van der Waals surface area contributed by atoms with Gasteiger partial charge in [-0.15, -0.1) is 11.3 Å². The number of hydrogen-bond donors (Lipinski definition) is 1. The van der Waals surface area contributed by atoms with Gasteiger partial charge in [0, 0.05) is 17.3 Å². The second-order valence-electron chi connectivity index (χ2n) is 3.01. The molecule has 4 nitrogen and oxygen atoms in total. The van der Waals surface area contributed by atoms with Crippen molar-refractivity contribution in [2.75, 3.05) is 5.73 Å². The van der Waals surface area contributed by atoms with E-state index in [1.807, 2.05) is 19.2 Å². The van der Waals surface area contributed by atoms with Gasteiger partial charge in [-0.1, -0.05) is 0 Å². The van der Waals surface area contributed by atoms with Crippen molar-refractivity contribution in [3.63, 3.8) is 0 Å². The summed E-state index contributed by atoms with van der Waals surface area (Å²) in [5.74, 6) is 1.17. The van der Waals surface area contributed by atoms with Gasteiger partial charge in [-0.2, -0.15) is 0 Å². The van der Waals surface area contributed by atoms with Gasteiger partial charge < -0.3 is 5.73 Å². The molecule has 14 heavy (non-hydrogen) atoms. The number of rotatable bonds is 1. The zero-order chi connectivity index (χ0) is 10.1. The first-order valence-electron chi connectivity index (χ1n) is 4.18. The van der Waals surface area contributed by atoms with E-state index >= 15 is 0 Å². The molecule has 0 saturated carbocycles. The topological polar surface area (TPSA) is 64.7 Å². The highest BCUT2D eigenvalue weighted by Crippen LogP contribution is 2.26. The normalized spacial score (nSPS) is 10.4. The summed E-state index contributed by atoms with van der Waals surface area (Å²) in [6.07, 6.45) is 1.72. The Kier molecular flexibility index (Phi) is 2.17. The van der Waals surface area contributed by atoms with Crippen LogP contribution in [0.3, 0.4) is 0 Å². The van der Waals surface area contributed by atoms with Gasteiger partial charge >= 0.3 is 0 Å². The molecule has 2 aromatic heterocycles. The zero-order valence-electron chi connectivity index (χ0n) is 7.98. The molecule has 0 amide bonds. The van der Waals surface area contributed by atoms with Crippen LogP contribution < -0.4 is 5.73 Å². The maximum absolute atomic E-state index is 5.78. The summed E-state index contributed by atoms with van der Waals surface area (Å²) in [6, 6.07) is 0. The van der Waals surface area contributed by atoms with Gasteiger partial charge in [0.15, 0.2) is 0 Å². The third-order valence-corrected chi connectivity index (χ3v) is 2.78. The van der Waals surface area contributed by atoms with Crippen molar-refractivity contribution < 1.29 is 0 Å². The molecule has 0 unspecified atom stereocenters. The zero-order valence-corrected chi connectivity index (χ0v) is 8.80. The molecule has 2 aromatic rings. The number of hydrogen-bond acceptors (Lipinski definition) is 5. The van der Waals surface area contributed by atoms with Crippen LogP contribution in [0.2, 0.25) is 0 Å². The van der Waals surface area contributed by atoms with E-state index in [1.165, 1.54) is 0 Å². The standard InChI is InChI=1S/C9H10N4S/c1-5-4-14-9(12-5)7-3-11-6(2)13-8(7)10/h3-4H,1-2H3,(H2,10,11,13). The van der Waals surface area contributed by atoms with E-state index in [2.05, 4.69) is 15.0 Å². The molecule has 0 bridgehead atoms. The summed E-state index contributed by atoms with van der Waals surface area (Å²) in [4.78, 5) is 12.5. The molecule has 2 heterocycles. The molecule has 0 fully saturated rings. The second kappa shape index (κ2) is 3.34. The van der Waals surface area contributed by atoms with E-state index in [0.717, 1.165) is 16.3 Å². The average molecular weight is 206 g/mol. The molecule has 0 aliphatic rings. The molecule has 5 heteroatoms. The molecule has 72 valence electrons. The van der Waals surface area contributed by atoms with Crippen molar-refractivity contribution >= 4 is 17.2 Å². The van der Waals surface area contributed by atoms with Crippen LogP contribution in [0.15, 0.2) is 11.6 Å². The molecule has 0 aliphatic carbocycles. The summed E-state index contributed by atoms with van der Waals surface area (Å²) in [5, 5.41) is 2.86. The van der Waals surface area contributed by atoms with Gasteiger partial charge in [-0.3, -0.25) is 0 Å². The molecule has 0 aliphatic heterocycles. The van der Waals surface area contributed by atoms with E-state index in [0.29, 0.717) is 11.6 Å². The van der Waals surface area contributed by atoms with Crippen LogP contribution in [0.25, 0.3) is 10.6 Å². The van der Waals surface area contributed by atoms with Crippen molar-refractivity contribution in [3.05, 3.63) is 23.1 Å². The van der Waals surface area contributed by atoms with Crippen molar-refractivity contribution in [3.8, 4) is 10.6 Å². The second-order valence-corrected chi connectivity index (χ2v) is 3.87. The minimum atomic E-state index is 0.492. The molecular weight excluding hydrogens is 196 g/mol. The molecule has 0 aromatic carbocycles. The van der Waals surface area contributed by atoms with Crippen molar-refractivity contribution in [1.82, 2.24) is 15.0 Å². The fourth-order valence-electron chi connectivity index (χ4n) is 1.13. The Balaban J connectivity index is 2.52. The van der Waals surface area contributed by atoms with Gasteiger partial charge in [-0.05, 0) is 13.8 Å². The van der Waals surface area contributed by atoms with Gasteiger partial charge in [0.2, 0.25) is 0 Å². The number of nitrogen functional groups attached to an aromatic ring is 1. The largest absolute Gasteiger partial charge is 0.383 e. The predicted octanol–water partition coefficient (Wildman–Crippen LogP) is 1.80. The summed E-state index contributed by atoms with van der Waals surface area (Å²) in [5.41, 5.74) is 7.58. The van der Waals surface area contributed by atoms with Crippen LogP contribution in [-0.4, -0.2) is 15.0 Å². The summed E-state index contributed by atoms with van der Waals surface area (Å²) >= 11 is 1.55. The average Bonchev–Trinajstić information content (AvgIpc) is 2.51. The van der Waals surface area contributed by atoms with E-state index < -0.39 is 0 Å². The molecule has 0 atom stereocenters. The minimum Gasteiger partial charge on any atom is -0.383 e. The fraction of sp³-hybridized carbons (Fsp3) is 0.222. The van der Waals surface area contributed by atoms with Gasteiger partial charge in [0.05, 0.1) is 5.56 Å². The highest BCUT2D eigenvalue weighted by atomic mass is 32.1. The van der Waals surface area contributed by atoms with Gasteiger partial charge in [0.25, 0.3) is 0 Å². The number of thiazole rings is 1. The first-order chi connectivity index (χ1) is 6.66. The Morgan fingerprint density at radius 3 is 2.64 bits per heavy atom. The lowest BCUT2D eigenvalue weighted by Gasteiger charge is -2.00. The Morgan fingerprint density at radius 1 is 1.29 bits per heavy atom. The van der Waals surface area contributed by atoms with Crippen LogP contribution in [0.5, 0.6) is 0 Å². The number of aryl methyl sites for hydroxylation is 2. The maximum Gasteiger partial charge on any atom is 0.137 e. The molecule has 2 N–H and O–H groups in total. The molecule has 0 saturated heterocycles. The lowest BCUT2D eigenvalue weighted by atomic mass is 10.3. The minimum absolute atomic E-state index is 0.492. The van der Waals surface area contributed by atoms with Crippen LogP contribution in [0.4, 0.5) is 5.82 Å². The number of aromatic nitrogens is 3. The highest BCUT2D eigenvalue weighted by molar-refractivity contribution is 7.13. The van der Waals surface area contributed by atoms with Crippen molar-refractivity contribution in [2.24, 2.45) is 0 Å². The Hall–Kier alpha value is -1.49. The summed E-state index contributed by atoms with van der Waals surface area (Å²) in [6.45, 7) is 3.76. The van der Waals surface area contributed by atoms with Crippen LogP contribution in [0.1, 0.15) is 11.5 Å².